The van der Waals surface area contributed by atoms with Crippen LogP contribution in [0.1, 0.15) is 27.1 Å². The highest BCUT2D eigenvalue weighted by Crippen LogP contribution is 2.24. The fourth-order valence-electron chi connectivity index (χ4n) is 1.96. The molecule has 1 aliphatic heterocycles. The molecule has 1 atom stereocenters. The van der Waals surface area contributed by atoms with Gasteiger partial charge in [0.15, 0.2) is 0 Å². The molecule has 1 aliphatic rings. The minimum atomic E-state index is -2.50. The first-order valence-corrected chi connectivity index (χ1v) is 5.56. The molecule has 1 aromatic heterocycles. The molecular weight excluding hydrogens is 214 g/mol. The lowest BCUT2D eigenvalue weighted by atomic mass is 9.92. The fraction of sp³-hybridized carbons (Fsp3) is 0.385. The van der Waals surface area contributed by atoms with E-state index in [-0.39, 0.29) is 5.69 Å². The predicted octanol–water partition coefficient (Wildman–Crippen LogP) is 1.06. The van der Waals surface area contributed by atoms with Crippen LogP contribution in [-0.2, 0) is 0 Å². The second-order valence-electron chi connectivity index (χ2n) is 4.11. The number of hydrogen-bond donors (Lipinski definition) is 2. The van der Waals surface area contributed by atoms with Crippen molar-refractivity contribution in [3.8, 4) is 0 Å². The zero-order valence-corrected chi connectivity index (χ0v) is 9.66. The second kappa shape index (κ2) is 5.10. The number of carbonyl (C=O) groups excluding carboxylic acids is 1. The molecule has 0 fully saturated rings. The molecule has 1 unspecified atom stereocenters. The largest absolute Gasteiger partial charge is 0.354 e. The molecule has 2 rings (SSSR count). The highest BCUT2D eigenvalue weighted by molar-refractivity contribution is 5.92. The summed E-state index contributed by atoms with van der Waals surface area (Å²) in [4.78, 5) is 15.7. The van der Waals surface area contributed by atoms with Gasteiger partial charge in [-0.1, -0.05) is 19.1 Å². The normalized spacial score (nSPS) is 23.0. The van der Waals surface area contributed by atoms with E-state index in [9.17, 15) is 4.79 Å². The molecule has 1 aromatic rings. The Bertz CT molecular complexity index is 523. The van der Waals surface area contributed by atoms with Crippen molar-refractivity contribution in [2.24, 2.45) is 5.92 Å². The summed E-state index contributed by atoms with van der Waals surface area (Å²) < 4.78 is 21.0. The van der Waals surface area contributed by atoms with E-state index in [2.05, 4.69) is 23.3 Å². The van der Waals surface area contributed by atoms with Crippen LogP contribution in [0, 0.1) is 5.92 Å². The standard InChI is InChI=1S/C13H17N3O/c1-9-7-15-6-5-11(9)10-3-4-12(16-8-10)13(17)14-2/h3-5,8-9,15H,6-7H2,1-2H3,(H,14,17)/i2D3. The maximum Gasteiger partial charge on any atom is 0.269 e. The fourth-order valence-corrected chi connectivity index (χ4v) is 1.96. The molecule has 17 heavy (non-hydrogen) atoms. The lowest BCUT2D eigenvalue weighted by Crippen LogP contribution is -2.27. The van der Waals surface area contributed by atoms with Crippen LogP contribution in [0.25, 0.3) is 5.57 Å². The number of rotatable bonds is 2. The number of nitrogens with one attached hydrogen (secondary N) is 2. The average Bonchev–Trinajstić information content (AvgIpc) is 2.37. The third-order valence-corrected chi connectivity index (χ3v) is 2.89. The Balaban J connectivity index is 2.14. The smallest absolute Gasteiger partial charge is 0.269 e. The van der Waals surface area contributed by atoms with E-state index in [1.54, 1.807) is 18.3 Å². The quantitative estimate of drug-likeness (QED) is 0.804. The summed E-state index contributed by atoms with van der Waals surface area (Å²) in [5, 5.41) is 5.18. The highest BCUT2D eigenvalue weighted by Gasteiger charge is 2.15. The number of pyridine rings is 1. The summed E-state index contributed by atoms with van der Waals surface area (Å²) in [5.74, 6) is -0.309. The summed E-state index contributed by atoms with van der Waals surface area (Å²) in [7, 11) is 0. The maximum atomic E-state index is 11.7. The van der Waals surface area contributed by atoms with Gasteiger partial charge in [-0.3, -0.25) is 9.78 Å². The Hall–Kier alpha value is -1.68. The van der Waals surface area contributed by atoms with Gasteiger partial charge in [-0.25, -0.2) is 0 Å². The zero-order chi connectivity index (χ0) is 14.8. The van der Waals surface area contributed by atoms with Gasteiger partial charge in [-0.2, -0.15) is 0 Å². The van der Waals surface area contributed by atoms with Gasteiger partial charge in [0.05, 0.1) is 0 Å². The lowest BCUT2D eigenvalue weighted by molar-refractivity contribution is 0.0958. The third-order valence-electron chi connectivity index (χ3n) is 2.89. The lowest BCUT2D eigenvalue weighted by Gasteiger charge is -2.21. The minimum absolute atomic E-state index is 0.104. The van der Waals surface area contributed by atoms with E-state index in [0.717, 1.165) is 18.7 Å². The molecule has 0 aliphatic carbocycles. The number of amides is 1. The minimum Gasteiger partial charge on any atom is -0.354 e. The summed E-state index contributed by atoms with van der Waals surface area (Å²) in [5.41, 5.74) is 2.26. The van der Waals surface area contributed by atoms with Crippen LogP contribution >= 0.6 is 0 Å². The van der Waals surface area contributed by atoms with Crippen molar-refractivity contribution in [3.05, 3.63) is 35.7 Å². The summed E-state index contributed by atoms with van der Waals surface area (Å²) in [6.07, 6.45) is 3.72. The molecule has 0 aromatic carbocycles. The maximum absolute atomic E-state index is 11.7. The van der Waals surface area contributed by atoms with Crippen LogP contribution in [0.3, 0.4) is 0 Å². The van der Waals surface area contributed by atoms with Gasteiger partial charge in [0.1, 0.15) is 5.69 Å². The van der Waals surface area contributed by atoms with E-state index in [1.807, 2.05) is 5.32 Å². The van der Waals surface area contributed by atoms with Gasteiger partial charge in [0, 0.05) is 30.4 Å². The molecular formula is C13H17N3O. The topological polar surface area (TPSA) is 54.0 Å². The molecule has 0 radical (unpaired) electrons. The number of nitrogens with zero attached hydrogens (tertiary/aromatic N) is 1. The van der Waals surface area contributed by atoms with E-state index >= 15 is 0 Å². The Morgan fingerprint density at radius 1 is 1.65 bits per heavy atom. The van der Waals surface area contributed by atoms with Crippen molar-refractivity contribution in [2.45, 2.75) is 6.92 Å². The first kappa shape index (κ1) is 8.42. The van der Waals surface area contributed by atoms with Crippen molar-refractivity contribution in [2.75, 3.05) is 20.1 Å². The Kier molecular flexibility index (Phi) is 2.52. The zero-order valence-electron chi connectivity index (χ0n) is 12.7. The van der Waals surface area contributed by atoms with Gasteiger partial charge in [0.25, 0.3) is 5.91 Å². The Morgan fingerprint density at radius 3 is 3.18 bits per heavy atom. The number of carbonyl (C=O) groups is 1. The van der Waals surface area contributed by atoms with Crippen LogP contribution in [0.5, 0.6) is 0 Å². The monoisotopic (exact) mass is 234 g/mol. The highest BCUT2D eigenvalue weighted by atomic mass is 16.1. The van der Waals surface area contributed by atoms with Gasteiger partial charge in [-0.15, -0.1) is 0 Å². The summed E-state index contributed by atoms with van der Waals surface area (Å²) in [6, 6.07) is 3.35. The van der Waals surface area contributed by atoms with Crippen LogP contribution in [0.4, 0.5) is 0 Å². The number of aromatic nitrogens is 1. The van der Waals surface area contributed by atoms with Crippen molar-refractivity contribution in [1.29, 1.82) is 0 Å². The molecule has 4 heteroatoms. The number of hydrogen-bond acceptors (Lipinski definition) is 3. The van der Waals surface area contributed by atoms with Gasteiger partial charge in [-0.05, 0) is 23.1 Å². The molecule has 4 nitrogen and oxygen atoms in total. The second-order valence-corrected chi connectivity index (χ2v) is 4.11. The van der Waals surface area contributed by atoms with Crippen LogP contribution in [0.15, 0.2) is 24.4 Å². The van der Waals surface area contributed by atoms with Crippen molar-refractivity contribution in [3.63, 3.8) is 0 Å². The van der Waals surface area contributed by atoms with Crippen molar-refractivity contribution in [1.82, 2.24) is 15.6 Å². The van der Waals surface area contributed by atoms with Gasteiger partial charge >= 0.3 is 0 Å². The van der Waals surface area contributed by atoms with Crippen LogP contribution in [0.2, 0.25) is 0 Å². The molecule has 0 saturated heterocycles. The third kappa shape index (κ3) is 2.53. The van der Waals surface area contributed by atoms with Crippen LogP contribution in [-0.4, -0.2) is 31.0 Å². The average molecular weight is 234 g/mol. The predicted molar refractivity (Wildman–Crippen MR) is 67.6 cm³/mol. The van der Waals surface area contributed by atoms with E-state index < -0.39 is 12.9 Å². The van der Waals surface area contributed by atoms with E-state index in [1.165, 1.54) is 5.57 Å². The Labute approximate surface area is 105 Å². The Morgan fingerprint density at radius 2 is 2.53 bits per heavy atom. The molecule has 0 saturated carbocycles. The van der Waals surface area contributed by atoms with E-state index in [0.29, 0.717) is 5.92 Å². The van der Waals surface area contributed by atoms with Crippen LogP contribution < -0.4 is 10.6 Å². The molecule has 2 heterocycles. The first-order chi connectivity index (χ1) is 9.37. The van der Waals surface area contributed by atoms with Crippen molar-refractivity contribution < 1.29 is 8.91 Å². The summed E-state index contributed by atoms with van der Waals surface area (Å²) >= 11 is 0. The van der Waals surface area contributed by atoms with Gasteiger partial charge in [0.2, 0.25) is 0 Å². The first-order valence-electron chi connectivity index (χ1n) is 7.06. The van der Waals surface area contributed by atoms with E-state index in [4.69, 9.17) is 4.11 Å². The molecule has 1 amide bonds. The van der Waals surface area contributed by atoms with Crippen molar-refractivity contribution >= 4 is 11.5 Å². The SMILES string of the molecule is [2H]C([2H])([2H])NC(=O)c1ccc(C2=CCNCC2C)cn1. The molecule has 2 N–H and O–H groups in total. The molecule has 0 spiro atoms. The van der Waals surface area contributed by atoms with Gasteiger partial charge < -0.3 is 10.6 Å². The summed E-state index contributed by atoms with van der Waals surface area (Å²) in [6.45, 7) is 1.35. The molecule has 0 bridgehead atoms. The molecule has 90 valence electrons.